The number of hydrogen-bond donors (Lipinski definition) is 0. The van der Waals surface area contributed by atoms with Gasteiger partial charge < -0.3 is 14.7 Å². The summed E-state index contributed by atoms with van der Waals surface area (Å²) in [5.74, 6) is 0.638. The molecule has 30 heavy (non-hydrogen) atoms. The molecule has 3 heterocycles. The minimum absolute atomic E-state index is 0.00214. The second-order valence-corrected chi connectivity index (χ2v) is 8.77. The molecule has 6 nitrogen and oxygen atoms in total. The minimum atomic E-state index is -0.449. The summed E-state index contributed by atoms with van der Waals surface area (Å²) < 4.78 is 0. The standard InChI is InChI=1S/C21H21Cl3N4O2/c22-15-3-4-19(25-13-15)26-6-8-27(9-7-26)21(30)18-2-1-5-28(18)20(29)14-10-16(23)12-17(24)11-14/h3-4,10-13,18H,1-2,5-9H2. The van der Waals surface area contributed by atoms with E-state index in [4.69, 9.17) is 34.8 Å². The molecule has 158 valence electrons. The first-order chi connectivity index (χ1) is 14.4. The summed E-state index contributed by atoms with van der Waals surface area (Å²) in [6.45, 7) is 3.10. The number of carbonyl (C=O) groups is 2. The molecule has 2 saturated heterocycles. The summed E-state index contributed by atoms with van der Waals surface area (Å²) in [6.07, 6.45) is 3.08. The number of rotatable bonds is 3. The summed E-state index contributed by atoms with van der Waals surface area (Å²) in [7, 11) is 0. The molecule has 0 N–H and O–H groups in total. The molecule has 1 aromatic carbocycles. The Morgan fingerprint density at radius 1 is 0.900 bits per heavy atom. The van der Waals surface area contributed by atoms with Crippen LogP contribution in [0.25, 0.3) is 0 Å². The van der Waals surface area contributed by atoms with Crippen LogP contribution < -0.4 is 4.90 Å². The van der Waals surface area contributed by atoms with E-state index in [0.717, 1.165) is 12.2 Å². The maximum atomic E-state index is 13.2. The van der Waals surface area contributed by atoms with Gasteiger partial charge in [0, 0.05) is 54.5 Å². The van der Waals surface area contributed by atoms with Crippen molar-refractivity contribution in [2.75, 3.05) is 37.6 Å². The molecule has 0 spiro atoms. The van der Waals surface area contributed by atoms with Crippen LogP contribution >= 0.6 is 34.8 Å². The number of piperazine rings is 1. The van der Waals surface area contributed by atoms with E-state index in [1.54, 1.807) is 29.3 Å². The molecule has 2 aromatic rings. The van der Waals surface area contributed by atoms with Gasteiger partial charge in [-0.1, -0.05) is 34.8 Å². The second-order valence-electron chi connectivity index (χ2n) is 7.46. The number of amides is 2. The molecule has 0 bridgehead atoms. The van der Waals surface area contributed by atoms with Gasteiger partial charge in [-0.2, -0.15) is 0 Å². The largest absolute Gasteiger partial charge is 0.353 e. The van der Waals surface area contributed by atoms with E-state index >= 15 is 0 Å². The zero-order valence-electron chi connectivity index (χ0n) is 16.2. The molecule has 0 saturated carbocycles. The summed E-state index contributed by atoms with van der Waals surface area (Å²) in [5.41, 5.74) is 0.408. The maximum Gasteiger partial charge on any atom is 0.254 e. The predicted octanol–water partition coefficient (Wildman–Crippen LogP) is 4.00. The van der Waals surface area contributed by atoms with Crippen molar-refractivity contribution in [1.82, 2.24) is 14.8 Å². The lowest BCUT2D eigenvalue weighted by atomic mass is 10.1. The molecule has 2 aliphatic rings. The average molecular weight is 468 g/mol. The first-order valence-electron chi connectivity index (χ1n) is 9.85. The molecule has 1 unspecified atom stereocenters. The lowest BCUT2D eigenvalue weighted by Crippen LogP contribution is -2.54. The van der Waals surface area contributed by atoms with Crippen molar-refractivity contribution in [3.05, 3.63) is 57.2 Å². The van der Waals surface area contributed by atoms with Gasteiger partial charge in [-0.15, -0.1) is 0 Å². The fourth-order valence-corrected chi connectivity index (χ4v) is 4.67. The van der Waals surface area contributed by atoms with Crippen molar-refractivity contribution < 1.29 is 9.59 Å². The third-order valence-electron chi connectivity index (χ3n) is 5.54. The number of nitrogens with zero attached hydrogens (tertiary/aromatic N) is 4. The lowest BCUT2D eigenvalue weighted by molar-refractivity contribution is -0.135. The maximum absolute atomic E-state index is 13.2. The molecule has 9 heteroatoms. The van der Waals surface area contributed by atoms with Gasteiger partial charge in [0.1, 0.15) is 11.9 Å². The van der Waals surface area contributed by atoms with Crippen LogP contribution in [0.3, 0.4) is 0 Å². The van der Waals surface area contributed by atoms with Crippen LogP contribution in [0.5, 0.6) is 0 Å². The van der Waals surface area contributed by atoms with Crippen molar-refractivity contribution in [2.24, 2.45) is 0 Å². The van der Waals surface area contributed by atoms with Crippen LogP contribution in [-0.4, -0.2) is 65.4 Å². The molecular weight excluding hydrogens is 447 g/mol. The van der Waals surface area contributed by atoms with Crippen molar-refractivity contribution in [3.63, 3.8) is 0 Å². The number of anilines is 1. The third kappa shape index (κ3) is 4.51. The van der Waals surface area contributed by atoms with Crippen molar-refractivity contribution in [2.45, 2.75) is 18.9 Å². The Kier molecular flexibility index (Phi) is 6.37. The zero-order chi connectivity index (χ0) is 21.3. The van der Waals surface area contributed by atoms with Gasteiger partial charge in [0.25, 0.3) is 5.91 Å². The Balaban J connectivity index is 1.41. The quantitative estimate of drug-likeness (QED) is 0.685. The summed E-state index contributed by atoms with van der Waals surface area (Å²) in [5, 5.41) is 1.40. The van der Waals surface area contributed by atoms with E-state index < -0.39 is 6.04 Å². The molecule has 0 aliphatic carbocycles. The monoisotopic (exact) mass is 466 g/mol. The molecule has 1 aromatic heterocycles. The van der Waals surface area contributed by atoms with Crippen LogP contribution in [0, 0.1) is 0 Å². The van der Waals surface area contributed by atoms with Gasteiger partial charge in [0.05, 0.1) is 5.02 Å². The zero-order valence-corrected chi connectivity index (χ0v) is 18.5. The molecule has 1 atom stereocenters. The fraction of sp³-hybridized carbons (Fsp3) is 0.381. The van der Waals surface area contributed by atoms with E-state index in [0.29, 0.717) is 59.8 Å². The van der Waals surface area contributed by atoms with Gasteiger partial charge in [0.2, 0.25) is 5.91 Å². The first-order valence-corrected chi connectivity index (χ1v) is 11.0. The van der Waals surface area contributed by atoms with E-state index in [1.807, 2.05) is 17.0 Å². The second kappa shape index (κ2) is 9.00. The van der Waals surface area contributed by atoms with Gasteiger partial charge in [-0.05, 0) is 43.2 Å². The number of aromatic nitrogens is 1. The Bertz CT molecular complexity index is 926. The van der Waals surface area contributed by atoms with Gasteiger partial charge in [-0.3, -0.25) is 9.59 Å². The third-order valence-corrected chi connectivity index (χ3v) is 6.20. The topological polar surface area (TPSA) is 56.8 Å². The highest BCUT2D eigenvalue weighted by Gasteiger charge is 2.37. The fourth-order valence-electron chi connectivity index (χ4n) is 4.03. The summed E-state index contributed by atoms with van der Waals surface area (Å²) in [4.78, 5) is 36.2. The van der Waals surface area contributed by atoms with E-state index in [2.05, 4.69) is 9.88 Å². The Morgan fingerprint density at radius 3 is 2.23 bits per heavy atom. The molecule has 2 aliphatic heterocycles. The van der Waals surface area contributed by atoms with E-state index in [1.165, 1.54) is 0 Å². The van der Waals surface area contributed by atoms with Gasteiger partial charge in [0.15, 0.2) is 0 Å². The highest BCUT2D eigenvalue weighted by atomic mass is 35.5. The summed E-state index contributed by atoms with van der Waals surface area (Å²) in [6, 6.07) is 8.01. The number of pyridine rings is 1. The average Bonchev–Trinajstić information content (AvgIpc) is 3.22. The van der Waals surface area contributed by atoms with Crippen LogP contribution in [0.15, 0.2) is 36.5 Å². The van der Waals surface area contributed by atoms with E-state index in [9.17, 15) is 9.59 Å². The van der Waals surface area contributed by atoms with Crippen molar-refractivity contribution in [3.8, 4) is 0 Å². The predicted molar refractivity (Wildman–Crippen MR) is 119 cm³/mol. The first kappa shape index (κ1) is 21.2. The molecule has 4 rings (SSSR count). The Morgan fingerprint density at radius 2 is 1.60 bits per heavy atom. The SMILES string of the molecule is O=C(C1CCCN1C(=O)c1cc(Cl)cc(Cl)c1)N1CCN(c2ccc(Cl)cn2)CC1. The lowest BCUT2D eigenvalue weighted by Gasteiger charge is -2.37. The Hall–Kier alpha value is -2.02. The number of likely N-dealkylation sites (tertiary alicyclic amines) is 1. The number of benzene rings is 1. The van der Waals surface area contributed by atoms with Crippen LogP contribution in [0.4, 0.5) is 5.82 Å². The normalized spacial score (nSPS) is 19.3. The van der Waals surface area contributed by atoms with Crippen LogP contribution in [-0.2, 0) is 4.79 Å². The van der Waals surface area contributed by atoms with Gasteiger partial charge in [-0.25, -0.2) is 4.98 Å². The van der Waals surface area contributed by atoms with Gasteiger partial charge >= 0.3 is 0 Å². The molecule has 2 amide bonds. The molecule has 2 fully saturated rings. The van der Waals surface area contributed by atoms with E-state index in [-0.39, 0.29) is 11.8 Å². The number of hydrogen-bond acceptors (Lipinski definition) is 4. The van der Waals surface area contributed by atoms with Crippen LogP contribution in [0.1, 0.15) is 23.2 Å². The number of carbonyl (C=O) groups excluding carboxylic acids is 2. The van der Waals surface area contributed by atoms with Crippen molar-refractivity contribution in [1.29, 1.82) is 0 Å². The Labute approximate surface area is 190 Å². The smallest absolute Gasteiger partial charge is 0.254 e. The van der Waals surface area contributed by atoms with Crippen LogP contribution in [0.2, 0.25) is 15.1 Å². The highest BCUT2D eigenvalue weighted by Crippen LogP contribution is 2.26. The number of halogens is 3. The molecule has 0 radical (unpaired) electrons. The highest BCUT2D eigenvalue weighted by molar-refractivity contribution is 6.35. The molecular formula is C21H21Cl3N4O2. The van der Waals surface area contributed by atoms with Crippen molar-refractivity contribution >= 4 is 52.4 Å². The minimum Gasteiger partial charge on any atom is -0.353 e. The summed E-state index contributed by atoms with van der Waals surface area (Å²) >= 11 is 18.0.